The van der Waals surface area contributed by atoms with Crippen molar-refractivity contribution < 1.29 is 9.53 Å². The highest BCUT2D eigenvalue weighted by atomic mass is 16.6. The molecule has 0 aromatic carbocycles. The number of carbonyl (C=O) groups is 1. The Labute approximate surface area is 176 Å². The Morgan fingerprint density at radius 3 is 2.79 bits per heavy atom. The minimum atomic E-state index is -0.491. The Morgan fingerprint density at radius 1 is 1.24 bits per heavy atom. The summed E-state index contributed by atoms with van der Waals surface area (Å²) >= 11 is 0. The van der Waals surface area contributed by atoms with Crippen LogP contribution in [0.3, 0.4) is 0 Å². The zero-order valence-corrected chi connectivity index (χ0v) is 18.7. The van der Waals surface area contributed by atoms with Crippen molar-refractivity contribution >= 4 is 11.9 Å². The highest BCUT2D eigenvalue weighted by Gasteiger charge is 2.28. The number of aromatic nitrogens is 1. The van der Waals surface area contributed by atoms with Crippen molar-refractivity contribution in [2.45, 2.75) is 77.4 Å². The Hall–Kier alpha value is -1.66. The standard InChI is InChI=1S/C23H38N4O2/c1-23(2,3)29-22(28)27-15-8-9-18-11-12-19(25-21(18)27)10-6-5-7-14-26-16-13-20(17-26)24-4/h11-12,20,24H,5-10,13-17H2,1-4H3/t20-/m0/s1. The Morgan fingerprint density at radius 2 is 2.07 bits per heavy atom. The number of likely N-dealkylation sites (tertiary alicyclic amines) is 1. The number of hydrogen-bond acceptors (Lipinski definition) is 5. The normalized spacial score (nSPS) is 20.0. The van der Waals surface area contributed by atoms with E-state index in [2.05, 4.69) is 29.4 Å². The fourth-order valence-electron chi connectivity index (χ4n) is 4.20. The summed E-state index contributed by atoms with van der Waals surface area (Å²) < 4.78 is 5.59. The number of pyridine rings is 1. The zero-order valence-electron chi connectivity index (χ0n) is 18.7. The van der Waals surface area contributed by atoms with Crippen LogP contribution in [0.4, 0.5) is 10.6 Å². The second-order valence-electron chi connectivity index (χ2n) is 9.41. The average molecular weight is 403 g/mol. The molecule has 162 valence electrons. The van der Waals surface area contributed by atoms with E-state index in [0.717, 1.165) is 42.8 Å². The Balaban J connectivity index is 1.49. The van der Waals surface area contributed by atoms with Gasteiger partial charge in [-0.2, -0.15) is 0 Å². The number of ether oxygens (including phenoxy) is 1. The SMILES string of the molecule is CN[C@H]1CCN(CCCCCc2ccc3c(n2)N(C(=O)OC(C)(C)C)CCC3)C1. The van der Waals surface area contributed by atoms with Gasteiger partial charge in [0, 0.05) is 24.8 Å². The third-order valence-corrected chi connectivity index (χ3v) is 5.80. The lowest BCUT2D eigenvalue weighted by molar-refractivity contribution is 0.0576. The second kappa shape index (κ2) is 9.90. The van der Waals surface area contributed by atoms with Crippen molar-refractivity contribution in [2.24, 2.45) is 0 Å². The van der Waals surface area contributed by atoms with E-state index < -0.39 is 5.60 Å². The van der Waals surface area contributed by atoms with Crippen LogP contribution in [0.5, 0.6) is 0 Å². The van der Waals surface area contributed by atoms with Crippen LogP contribution in [0.25, 0.3) is 0 Å². The van der Waals surface area contributed by atoms with Crippen LogP contribution in [-0.4, -0.2) is 60.8 Å². The van der Waals surface area contributed by atoms with Gasteiger partial charge in [-0.05, 0) is 91.1 Å². The number of nitrogens with one attached hydrogen (secondary N) is 1. The molecule has 1 amide bonds. The lowest BCUT2D eigenvalue weighted by Gasteiger charge is -2.31. The first kappa shape index (κ1) is 22.0. The van der Waals surface area contributed by atoms with E-state index in [1.165, 1.54) is 38.9 Å². The smallest absolute Gasteiger partial charge is 0.416 e. The molecule has 0 saturated carbocycles. The predicted molar refractivity (Wildman–Crippen MR) is 118 cm³/mol. The highest BCUT2D eigenvalue weighted by Crippen LogP contribution is 2.27. The molecule has 0 aliphatic carbocycles. The number of amides is 1. The molecule has 1 saturated heterocycles. The number of hydrogen-bond donors (Lipinski definition) is 1. The monoisotopic (exact) mass is 402 g/mol. The van der Waals surface area contributed by atoms with E-state index in [9.17, 15) is 4.79 Å². The Bertz CT molecular complexity index is 686. The van der Waals surface area contributed by atoms with Crippen LogP contribution in [0.2, 0.25) is 0 Å². The highest BCUT2D eigenvalue weighted by molar-refractivity contribution is 5.88. The molecule has 1 aromatic heterocycles. The summed E-state index contributed by atoms with van der Waals surface area (Å²) in [5.74, 6) is 0.804. The number of aryl methyl sites for hydroxylation is 2. The lowest BCUT2D eigenvalue weighted by atomic mass is 10.0. The molecule has 3 heterocycles. The molecule has 0 bridgehead atoms. The summed E-state index contributed by atoms with van der Waals surface area (Å²) in [6.45, 7) is 9.99. The van der Waals surface area contributed by atoms with Gasteiger partial charge in [-0.1, -0.05) is 12.5 Å². The number of unbranched alkanes of at least 4 members (excludes halogenated alkanes) is 2. The molecule has 3 rings (SSSR count). The maximum absolute atomic E-state index is 12.6. The number of carbonyl (C=O) groups excluding carboxylic acids is 1. The van der Waals surface area contributed by atoms with Crippen LogP contribution in [0.15, 0.2) is 12.1 Å². The van der Waals surface area contributed by atoms with E-state index in [1.54, 1.807) is 4.90 Å². The van der Waals surface area contributed by atoms with E-state index in [4.69, 9.17) is 9.72 Å². The maximum Gasteiger partial charge on any atom is 0.416 e. The predicted octanol–water partition coefficient (Wildman–Crippen LogP) is 3.78. The van der Waals surface area contributed by atoms with Gasteiger partial charge in [-0.3, -0.25) is 4.90 Å². The molecule has 1 atom stereocenters. The lowest BCUT2D eigenvalue weighted by Crippen LogP contribution is -2.40. The van der Waals surface area contributed by atoms with Crippen molar-refractivity contribution in [1.29, 1.82) is 0 Å². The van der Waals surface area contributed by atoms with Gasteiger partial charge >= 0.3 is 6.09 Å². The van der Waals surface area contributed by atoms with Crippen LogP contribution >= 0.6 is 0 Å². The molecule has 1 N–H and O–H groups in total. The van der Waals surface area contributed by atoms with Crippen molar-refractivity contribution in [3.8, 4) is 0 Å². The molecule has 6 heteroatoms. The molecule has 0 spiro atoms. The summed E-state index contributed by atoms with van der Waals surface area (Å²) in [4.78, 5) is 21.7. The van der Waals surface area contributed by atoms with Gasteiger partial charge in [0.2, 0.25) is 0 Å². The average Bonchev–Trinajstić information content (AvgIpc) is 3.14. The second-order valence-corrected chi connectivity index (χ2v) is 9.41. The van der Waals surface area contributed by atoms with Crippen LogP contribution in [0.1, 0.15) is 64.1 Å². The van der Waals surface area contributed by atoms with Crippen LogP contribution in [-0.2, 0) is 17.6 Å². The molecule has 29 heavy (non-hydrogen) atoms. The Kier molecular flexibility index (Phi) is 7.52. The zero-order chi connectivity index (χ0) is 20.9. The van der Waals surface area contributed by atoms with E-state index in [0.29, 0.717) is 12.6 Å². The van der Waals surface area contributed by atoms with Gasteiger partial charge in [0.25, 0.3) is 0 Å². The number of nitrogens with zero attached hydrogens (tertiary/aromatic N) is 3. The molecule has 1 aromatic rings. The topological polar surface area (TPSA) is 57.7 Å². The van der Waals surface area contributed by atoms with Gasteiger partial charge in [-0.25, -0.2) is 9.78 Å². The van der Waals surface area contributed by atoms with E-state index in [-0.39, 0.29) is 6.09 Å². The van der Waals surface area contributed by atoms with E-state index >= 15 is 0 Å². The molecular weight excluding hydrogens is 364 g/mol. The van der Waals surface area contributed by atoms with Crippen LogP contribution in [0, 0.1) is 0 Å². The first-order valence-corrected chi connectivity index (χ1v) is 11.2. The summed E-state index contributed by atoms with van der Waals surface area (Å²) in [6.07, 6.45) is 7.48. The summed E-state index contributed by atoms with van der Waals surface area (Å²) in [5.41, 5.74) is 1.74. The van der Waals surface area contributed by atoms with Crippen molar-refractivity contribution in [2.75, 3.05) is 38.1 Å². The third kappa shape index (κ3) is 6.41. The largest absolute Gasteiger partial charge is 0.443 e. The van der Waals surface area contributed by atoms with Gasteiger partial charge in [-0.15, -0.1) is 0 Å². The molecular formula is C23H38N4O2. The number of fused-ring (bicyclic) bond motifs is 1. The molecule has 6 nitrogen and oxygen atoms in total. The van der Waals surface area contributed by atoms with Gasteiger partial charge in [0.1, 0.15) is 11.4 Å². The van der Waals surface area contributed by atoms with Gasteiger partial charge in [0.15, 0.2) is 0 Å². The minimum Gasteiger partial charge on any atom is -0.443 e. The minimum absolute atomic E-state index is 0.284. The van der Waals surface area contributed by atoms with E-state index in [1.807, 2.05) is 20.8 Å². The van der Waals surface area contributed by atoms with Crippen molar-refractivity contribution in [3.05, 3.63) is 23.4 Å². The fourth-order valence-corrected chi connectivity index (χ4v) is 4.20. The van der Waals surface area contributed by atoms with Gasteiger partial charge < -0.3 is 15.0 Å². The quantitative estimate of drug-likeness (QED) is 0.704. The van der Waals surface area contributed by atoms with Gasteiger partial charge in [0.05, 0.1) is 0 Å². The number of rotatable bonds is 7. The van der Waals surface area contributed by atoms with Crippen LogP contribution < -0.4 is 10.2 Å². The fraction of sp³-hybridized carbons (Fsp3) is 0.739. The first-order valence-electron chi connectivity index (χ1n) is 11.2. The summed E-state index contributed by atoms with van der Waals surface area (Å²) in [7, 11) is 2.06. The molecule has 2 aliphatic rings. The molecule has 2 aliphatic heterocycles. The number of likely N-dealkylation sites (N-methyl/N-ethyl adjacent to an activating group) is 1. The summed E-state index contributed by atoms with van der Waals surface area (Å²) in [5, 5.41) is 3.38. The molecule has 0 unspecified atom stereocenters. The number of anilines is 1. The molecule has 1 fully saturated rings. The maximum atomic E-state index is 12.6. The first-order chi connectivity index (χ1) is 13.9. The summed E-state index contributed by atoms with van der Waals surface area (Å²) in [6, 6.07) is 4.95. The van der Waals surface area contributed by atoms with Crippen molar-refractivity contribution in [1.82, 2.24) is 15.2 Å². The third-order valence-electron chi connectivity index (χ3n) is 5.80. The van der Waals surface area contributed by atoms with Crippen molar-refractivity contribution in [3.63, 3.8) is 0 Å². The molecule has 0 radical (unpaired) electrons.